The maximum Gasteiger partial charge on any atom is 0.307 e. The summed E-state index contributed by atoms with van der Waals surface area (Å²) in [6.45, 7) is 0. The van der Waals surface area contributed by atoms with E-state index in [0.29, 0.717) is 0 Å². The molecule has 0 saturated carbocycles. The molecule has 0 aliphatic rings. The van der Waals surface area contributed by atoms with Crippen molar-refractivity contribution in [3.05, 3.63) is 20.9 Å². The summed E-state index contributed by atoms with van der Waals surface area (Å²) in [5, 5.41) is 8.57. The van der Waals surface area contributed by atoms with Gasteiger partial charge in [0.25, 0.3) is 6.43 Å². The first-order chi connectivity index (χ1) is 6.93. The highest BCUT2D eigenvalue weighted by Crippen LogP contribution is 2.28. The normalized spacial score (nSPS) is 10.7. The van der Waals surface area contributed by atoms with Gasteiger partial charge in [-0.25, -0.2) is 13.8 Å². The Balaban J connectivity index is 3.23. The number of aliphatic carboxylic acids is 1. The second kappa shape index (κ2) is 4.69. The van der Waals surface area contributed by atoms with Gasteiger partial charge in [-0.1, -0.05) is 0 Å². The third kappa shape index (κ3) is 2.74. The van der Waals surface area contributed by atoms with Gasteiger partial charge in [-0.2, -0.15) is 0 Å². The van der Waals surface area contributed by atoms with E-state index in [2.05, 4.69) is 4.98 Å². The molecule has 1 aromatic rings. The summed E-state index contributed by atoms with van der Waals surface area (Å²) in [4.78, 5) is 14.0. The molecule has 0 bridgehead atoms. The summed E-state index contributed by atoms with van der Waals surface area (Å²) >= 11 is 1.65. The first-order valence-electron chi connectivity index (χ1n) is 3.86. The van der Waals surface area contributed by atoms with Crippen LogP contribution in [0, 0.1) is 3.57 Å². The Labute approximate surface area is 97.6 Å². The highest BCUT2D eigenvalue weighted by atomic mass is 127. The number of pyridine rings is 1. The molecule has 0 radical (unpaired) electrons. The zero-order valence-electron chi connectivity index (χ0n) is 7.38. The predicted octanol–water partition coefficient (Wildman–Crippen LogP) is 1.83. The van der Waals surface area contributed by atoms with Crippen LogP contribution in [-0.4, -0.2) is 16.1 Å². The van der Waals surface area contributed by atoms with Gasteiger partial charge in [0.15, 0.2) is 0 Å². The van der Waals surface area contributed by atoms with E-state index in [-0.39, 0.29) is 20.5 Å². The molecule has 3 N–H and O–H groups in total. The highest BCUT2D eigenvalue weighted by Gasteiger charge is 2.18. The van der Waals surface area contributed by atoms with Gasteiger partial charge >= 0.3 is 5.97 Å². The molecule has 1 heterocycles. The van der Waals surface area contributed by atoms with E-state index in [1.807, 2.05) is 0 Å². The fraction of sp³-hybridized carbons (Fsp3) is 0.250. The summed E-state index contributed by atoms with van der Waals surface area (Å²) < 4.78 is 25.1. The SMILES string of the molecule is Nc1ncc(C(F)F)c(I)c1CC(=O)O. The Morgan fingerprint density at radius 2 is 2.27 bits per heavy atom. The Bertz CT molecular complexity index is 398. The van der Waals surface area contributed by atoms with E-state index in [1.54, 1.807) is 22.6 Å². The lowest BCUT2D eigenvalue weighted by molar-refractivity contribution is -0.136. The third-order valence-electron chi connectivity index (χ3n) is 1.73. The van der Waals surface area contributed by atoms with Crippen LogP contribution in [0.3, 0.4) is 0 Å². The Morgan fingerprint density at radius 3 is 2.73 bits per heavy atom. The monoisotopic (exact) mass is 328 g/mol. The minimum Gasteiger partial charge on any atom is -0.481 e. The van der Waals surface area contributed by atoms with E-state index in [4.69, 9.17) is 10.8 Å². The van der Waals surface area contributed by atoms with Gasteiger partial charge < -0.3 is 10.8 Å². The minimum atomic E-state index is -2.68. The largest absolute Gasteiger partial charge is 0.481 e. The number of halogens is 3. The number of alkyl halides is 2. The lowest BCUT2D eigenvalue weighted by atomic mass is 10.1. The summed E-state index contributed by atoms with van der Waals surface area (Å²) in [6, 6.07) is 0. The fourth-order valence-electron chi connectivity index (χ4n) is 1.03. The smallest absolute Gasteiger partial charge is 0.307 e. The average Bonchev–Trinajstić information content (AvgIpc) is 2.11. The van der Waals surface area contributed by atoms with Crippen molar-refractivity contribution in [2.75, 3.05) is 5.73 Å². The van der Waals surface area contributed by atoms with Gasteiger partial charge in [0, 0.05) is 20.9 Å². The molecule has 0 spiro atoms. The van der Waals surface area contributed by atoms with Crippen molar-refractivity contribution in [2.45, 2.75) is 12.8 Å². The van der Waals surface area contributed by atoms with Gasteiger partial charge in [-0.15, -0.1) is 0 Å². The lowest BCUT2D eigenvalue weighted by Crippen LogP contribution is -2.09. The van der Waals surface area contributed by atoms with Crippen LogP contribution in [0.4, 0.5) is 14.6 Å². The van der Waals surface area contributed by atoms with Crippen LogP contribution in [-0.2, 0) is 11.2 Å². The highest BCUT2D eigenvalue weighted by molar-refractivity contribution is 14.1. The standard InChI is InChI=1S/C8H7F2IN2O2/c9-7(10)4-2-13-8(12)3(6(4)11)1-5(14)15/h2,7H,1H2,(H2,12,13)(H,14,15). The molecule has 0 atom stereocenters. The van der Waals surface area contributed by atoms with Gasteiger partial charge in [0.2, 0.25) is 0 Å². The summed E-state index contributed by atoms with van der Waals surface area (Å²) in [5.74, 6) is -1.15. The number of hydrogen-bond acceptors (Lipinski definition) is 3. The number of carbonyl (C=O) groups is 1. The summed E-state index contributed by atoms with van der Waals surface area (Å²) in [6.07, 6.45) is -2.12. The number of hydrogen-bond donors (Lipinski definition) is 2. The topological polar surface area (TPSA) is 76.2 Å². The Kier molecular flexibility index (Phi) is 3.77. The van der Waals surface area contributed by atoms with E-state index in [1.165, 1.54) is 0 Å². The van der Waals surface area contributed by atoms with Crippen LogP contribution < -0.4 is 5.73 Å². The molecule has 0 aliphatic carbocycles. The molecule has 0 fully saturated rings. The second-order valence-electron chi connectivity index (χ2n) is 2.76. The minimum absolute atomic E-state index is 0.0220. The van der Waals surface area contributed by atoms with Gasteiger partial charge in [0.1, 0.15) is 5.82 Å². The number of carboxylic acids is 1. The lowest BCUT2D eigenvalue weighted by Gasteiger charge is -2.09. The number of nitrogens with zero attached hydrogens (tertiary/aromatic N) is 1. The second-order valence-corrected chi connectivity index (χ2v) is 3.84. The Hall–Kier alpha value is -0.990. The first-order valence-corrected chi connectivity index (χ1v) is 4.94. The summed E-state index contributed by atoms with van der Waals surface area (Å²) in [5.41, 5.74) is 5.26. The molecule has 7 heteroatoms. The molecule has 1 rings (SSSR count). The van der Waals surface area contributed by atoms with E-state index >= 15 is 0 Å². The molecule has 82 valence electrons. The zero-order chi connectivity index (χ0) is 11.6. The molecule has 0 aliphatic heterocycles. The molecular weight excluding hydrogens is 321 g/mol. The maximum atomic E-state index is 12.4. The van der Waals surface area contributed by atoms with Crippen molar-refractivity contribution in [1.82, 2.24) is 4.98 Å². The first kappa shape index (κ1) is 12.1. The number of carboxylic acid groups (broad SMARTS) is 1. The van der Waals surface area contributed by atoms with Crippen LogP contribution in [0.2, 0.25) is 0 Å². The van der Waals surface area contributed by atoms with Crippen molar-refractivity contribution < 1.29 is 18.7 Å². The molecule has 1 aromatic heterocycles. The molecule has 0 amide bonds. The summed E-state index contributed by atoms with van der Waals surface area (Å²) in [7, 11) is 0. The number of nitrogen functional groups attached to an aromatic ring is 1. The van der Waals surface area contributed by atoms with Crippen molar-refractivity contribution in [3.63, 3.8) is 0 Å². The predicted molar refractivity (Wildman–Crippen MR) is 57.7 cm³/mol. The fourth-order valence-corrected chi connectivity index (χ4v) is 1.87. The number of aromatic nitrogens is 1. The van der Waals surface area contributed by atoms with E-state index in [0.717, 1.165) is 6.20 Å². The number of rotatable bonds is 3. The van der Waals surface area contributed by atoms with Crippen molar-refractivity contribution >= 4 is 34.4 Å². The van der Waals surface area contributed by atoms with Crippen LogP contribution in [0.5, 0.6) is 0 Å². The zero-order valence-corrected chi connectivity index (χ0v) is 9.53. The quantitative estimate of drug-likeness (QED) is 0.830. The average molecular weight is 328 g/mol. The molecule has 4 nitrogen and oxygen atoms in total. The molecular formula is C8H7F2IN2O2. The van der Waals surface area contributed by atoms with Crippen LogP contribution in [0.1, 0.15) is 17.6 Å². The molecule has 15 heavy (non-hydrogen) atoms. The van der Waals surface area contributed by atoms with Crippen LogP contribution in [0.25, 0.3) is 0 Å². The van der Waals surface area contributed by atoms with Crippen molar-refractivity contribution in [1.29, 1.82) is 0 Å². The number of anilines is 1. The van der Waals surface area contributed by atoms with Gasteiger partial charge in [-0.05, 0) is 22.6 Å². The van der Waals surface area contributed by atoms with Crippen molar-refractivity contribution in [2.24, 2.45) is 0 Å². The third-order valence-corrected chi connectivity index (χ3v) is 3.01. The van der Waals surface area contributed by atoms with Crippen molar-refractivity contribution in [3.8, 4) is 0 Å². The van der Waals surface area contributed by atoms with E-state index < -0.39 is 18.8 Å². The van der Waals surface area contributed by atoms with E-state index in [9.17, 15) is 13.6 Å². The Morgan fingerprint density at radius 1 is 1.67 bits per heavy atom. The molecule has 0 unspecified atom stereocenters. The van der Waals surface area contributed by atoms with Gasteiger partial charge in [0.05, 0.1) is 6.42 Å². The number of nitrogens with two attached hydrogens (primary N) is 1. The molecule has 0 aromatic carbocycles. The molecule has 0 saturated heterocycles. The maximum absolute atomic E-state index is 12.4. The van der Waals surface area contributed by atoms with Crippen LogP contribution >= 0.6 is 22.6 Å². The van der Waals surface area contributed by atoms with Crippen LogP contribution in [0.15, 0.2) is 6.20 Å². The van der Waals surface area contributed by atoms with Gasteiger partial charge in [-0.3, -0.25) is 4.79 Å².